The minimum absolute atomic E-state index is 0.0658. The monoisotopic (exact) mass is 317 g/mol. The number of nitrogens with zero attached hydrogens (tertiary/aromatic N) is 1. The van der Waals surface area contributed by atoms with Crippen molar-refractivity contribution in [3.63, 3.8) is 0 Å². The number of aliphatic carboxylic acids is 1. The highest BCUT2D eigenvalue weighted by atomic mass is 16.4. The molecule has 3 rings (SSSR count). The number of nitrogens with one attached hydrogen (secondary N) is 2. The number of carbonyl (C=O) groups excluding carboxylic acids is 1. The molecule has 1 aliphatic rings. The van der Waals surface area contributed by atoms with Gasteiger partial charge in [-0.05, 0) is 31.0 Å². The van der Waals surface area contributed by atoms with Gasteiger partial charge in [0, 0.05) is 12.6 Å². The van der Waals surface area contributed by atoms with Crippen LogP contribution < -0.4 is 11.0 Å². The van der Waals surface area contributed by atoms with E-state index in [1.807, 2.05) is 0 Å². The van der Waals surface area contributed by atoms with Crippen LogP contribution in [0.25, 0.3) is 11.0 Å². The lowest BCUT2D eigenvalue weighted by molar-refractivity contribution is -0.138. The van der Waals surface area contributed by atoms with Gasteiger partial charge >= 0.3 is 11.7 Å². The van der Waals surface area contributed by atoms with E-state index in [-0.39, 0.29) is 18.0 Å². The van der Waals surface area contributed by atoms with Crippen molar-refractivity contribution >= 4 is 22.9 Å². The van der Waals surface area contributed by atoms with Gasteiger partial charge in [-0.3, -0.25) is 14.2 Å². The van der Waals surface area contributed by atoms with Gasteiger partial charge in [0.1, 0.15) is 0 Å². The van der Waals surface area contributed by atoms with Crippen LogP contribution in [0.1, 0.15) is 42.5 Å². The minimum atomic E-state index is -0.907. The molecule has 1 amide bonds. The number of hydrogen-bond acceptors (Lipinski definition) is 3. The highest BCUT2D eigenvalue weighted by molar-refractivity contribution is 5.98. The van der Waals surface area contributed by atoms with Crippen LogP contribution in [0.3, 0.4) is 0 Å². The molecular weight excluding hydrogens is 298 g/mol. The number of aromatic nitrogens is 2. The fraction of sp³-hybridized carbons (Fsp3) is 0.438. The molecule has 0 aliphatic heterocycles. The molecule has 3 N–H and O–H groups in total. The molecule has 0 spiro atoms. The van der Waals surface area contributed by atoms with Gasteiger partial charge in [0.05, 0.1) is 23.0 Å². The Balaban J connectivity index is 1.89. The van der Waals surface area contributed by atoms with E-state index in [1.54, 1.807) is 25.2 Å². The summed E-state index contributed by atoms with van der Waals surface area (Å²) >= 11 is 0. The number of H-pyrrole nitrogens is 1. The van der Waals surface area contributed by atoms with E-state index in [0.717, 1.165) is 12.8 Å². The second-order valence-electron chi connectivity index (χ2n) is 6.23. The van der Waals surface area contributed by atoms with Crippen molar-refractivity contribution < 1.29 is 14.7 Å². The number of rotatable bonds is 4. The molecule has 1 aliphatic carbocycles. The lowest BCUT2D eigenvalue weighted by Crippen LogP contribution is -2.47. The van der Waals surface area contributed by atoms with Crippen molar-refractivity contribution in [3.8, 4) is 0 Å². The zero-order valence-corrected chi connectivity index (χ0v) is 12.9. The van der Waals surface area contributed by atoms with Crippen LogP contribution in [0.15, 0.2) is 23.0 Å². The van der Waals surface area contributed by atoms with Crippen LogP contribution in [0.2, 0.25) is 0 Å². The number of benzene rings is 1. The summed E-state index contributed by atoms with van der Waals surface area (Å²) in [5.41, 5.74) is 0.818. The average molecular weight is 317 g/mol. The third-order valence-electron chi connectivity index (χ3n) is 4.60. The second kappa shape index (κ2) is 5.57. The molecule has 23 heavy (non-hydrogen) atoms. The van der Waals surface area contributed by atoms with Crippen LogP contribution in [0.4, 0.5) is 0 Å². The zero-order chi connectivity index (χ0) is 16.6. The number of hydrogen-bond donors (Lipinski definition) is 3. The van der Waals surface area contributed by atoms with E-state index < -0.39 is 11.5 Å². The summed E-state index contributed by atoms with van der Waals surface area (Å²) in [6.45, 7) is 0. The van der Waals surface area contributed by atoms with Gasteiger partial charge in [-0.25, -0.2) is 4.79 Å². The molecule has 0 radical (unpaired) electrons. The number of imidazole rings is 1. The van der Waals surface area contributed by atoms with Crippen molar-refractivity contribution in [2.24, 2.45) is 7.05 Å². The molecular formula is C16H19N3O4. The maximum absolute atomic E-state index is 12.5. The van der Waals surface area contributed by atoms with E-state index >= 15 is 0 Å². The molecule has 1 heterocycles. The molecule has 0 unspecified atom stereocenters. The number of aromatic amines is 1. The number of carboxylic acids is 1. The summed E-state index contributed by atoms with van der Waals surface area (Å²) in [6.07, 6.45) is 3.12. The summed E-state index contributed by atoms with van der Waals surface area (Å²) in [5, 5.41) is 12.0. The normalized spacial score (nSPS) is 16.6. The van der Waals surface area contributed by atoms with Crippen molar-refractivity contribution in [3.05, 3.63) is 34.2 Å². The van der Waals surface area contributed by atoms with Crippen LogP contribution in [0, 0.1) is 0 Å². The van der Waals surface area contributed by atoms with Gasteiger partial charge in [-0.1, -0.05) is 12.8 Å². The maximum atomic E-state index is 12.5. The Bertz CT molecular complexity index is 827. The molecule has 1 aromatic heterocycles. The second-order valence-corrected chi connectivity index (χ2v) is 6.23. The molecule has 1 fully saturated rings. The Labute approximate surface area is 132 Å². The first-order valence-electron chi connectivity index (χ1n) is 7.63. The summed E-state index contributed by atoms with van der Waals surface area (Å²) < 4.78 is 1.44. The summed E-state index contributed by atoms with van der Waals surface area (Å²) in [6, 6.07) is 4.97. The van der Waals surface area contributed by atoms with Gasteiger partial charge in [0.15, 0.2) is 0 Å². The predicted molar refractivity (Wildman–Crippen MR) is 84.5 cm³/mol. The molecule has 0 atom stereocenters. The minimum Gasteiger partial charge on any atom is -0.481 e. The fourth-order valence-corrected chi connectivity index (χ4v) is 3.36. The first-order valence-corrected chi connectivity index (χ1v) is 7.63. The Morgan fingerprint density at radius 2 is 2.04 bits per heavy atom. The Hall–Kier alpha value is -2.57. The molecule has 0 bridgehead atoms. The van der Waals surface area contributed by atoms with Crippen LogP contribution in [0.5, 0.6) is 0 Å². The van der Waals surface area contributed by atoms with E-state index in [1.165, 1.54) is 4.57 Å². The van der Waals surface area contributed by atoms with Crippen LogP contribution in [-0.2, 0) is 11.8 Å². The van der Waals surface area contributed by atoms with Gasteiger partial charge < -0.3 is 15.4 Å². The van der Waals surface area contributed by atoms with Crippen molar-refractivity contribution in [1.29, 1.82) is 0 Å². The van der Waals surface area contributed by atoms with Crippen LogP contribution in [-0.4, -0.2) is 32.1 Å². The lowest BCUT2D eigenvalue weighted by atomic mass is 9.92. The number of aryl methyl sites for hydroxylation is 1. The van der Waals surface area contributed by atoms with Crippen molar-refractivity contribution in [1.82, 2.24) is 14.9 Å². The van der Waals surface area contributed by atoms with E-state index in [0.29, 0.717) is 29.4 Å². The van der Waals surface area contributed by atoms with Crippen LogP contribution >= 0.6 is 0 Å². The molecule has 2 aromatic rings. The summed E-state index contributed by atoms with van der Waals surface area (Å²) in [4.78, 5) is 38.0. The van der Waals surface area contributed by atoms with Gasteiger partial charge in [-0.2, -0.15) is 0 Å². The SMILES string of the molecule is Cn1c(=O)[nH]c2ccc(C(=O)NC3(CC(=O)O)CCCC3)cc21. The number of fused-ring (bicyclic) bond motifs is 1. The number of carboxylic acid groups (broad SMARTS) is 1. The van der Waals surface area contributed by atoms with E-state index in [2.05, 4.69) is 10.3 Å². The quantitative estimate of drug-likeness (QED) is 0.792. The smallest absolute Gasteiger partial charge is 0.326 e. The standard InChI is InChI=1S/C16H19N3O4/c1-19-12-8-10(4-5-11(12)17-15(19)23)14(22)18-16(9-13(20)21)6-2-3-7-16/h4-5,8H,2-3,6-7,9H2,1H3,(H,17,23)(H,18,22)(H,20,21). The molecule has 7 heteroatoms. The van der Waals surface area contributed by atoms with Crippen molar-refractivity contribution in [2.45, 2.75) is 37.6 Å². The number of amides is 1. The highest BCUT2D eigenvalue weighted by Gasteiger charge is 2.37. The molecule has 7 nitrogen and oxygen atoms in total. The first-order chi connectivity index (χ1) is 10.9. The molecule has 1 saturated carbocycles. The predicted octanol–water partition coefficient (Wildman–Crippen LogP) is 1.38. The van der Waals surface area contributed by atoms with Gasteiger partial charge in [0.2, 0.25) is 0 Å². The van der Waals surface area contributed by atoms with E-state index in [9.17, 15) is 14.4 Å². The summed E-state index contributed by atoms with van der Waals surface area (Å²) in [7, 11) is 1.63. The average Bonchev–Trinajstić information content (AvgIpc) is 3.04. The maximum Gasteiger partial charge on any atom is 0.326 e. The third kappa shape index (κ3) is 2.86. The largest absolute Gasteiger partial charge is 0.481 e. The van der Waals surface area contributed by atoms with Crippen molar-refractivity contribution in [2.75, 3.05) is 0 Å². The molecule has 1 aromatic carbocycles. The van der Waals surface area contributed by atoms with Gasteiger partial charge in [-0.15, -0.1) is 0 Å². The third-order valence-corrected chi connectivity index (χ3v) is 4.60. The Morgan fingerprint density at radius 3 is 2.70 bits per heavy atom. The zero-order valence-electron chi connectivity index (χ0n) is 12.9. The Kier molecular flexibility index (Phi) is 3.71. The molecule has 122 valence electrons. The van der Waals surface area contributed by atoms with E-state index in [4.69, 9.17) is 5.11 Å². The summed E-state index contributed by atoms with van der Waals surface area (Å²) in [5.74, 6) is -1.21. The fourth-order valence-electron chi connectivity index (χ4n) is 3.36. The lowest BCUT2D eigenvalue weighted by Gasteiger charge is -2.28. The Morgan fingerprint density at radius 1 is 1.35 bits per heavy atom. The van der Waals surface area contributed by atoms with Gasteiger partial charge in [0.25, 0.3) is 5.91 Å². The topological polar surface area (TPSA) is 104 Å². The first kappa shape index (κ1) is 15.3. The number of carbonyl (C=O) groups is 2. The molecule has 0 saturated heterocycles. The highest BCUT2D eigenvalue weighted by Crippen LogP contribution is 2.33.